The zero-order valence-corrected chi connectivity index (χ0v) is 16.4. The van der Waals surface area contributed by atoms with E-state index in [4.69, 9.17) is 0 Å². The van der Waals surface area contributed by atoms with Gasteiger partial charge in [-0.3, -0.25) is 0 Å². The maximum Gasteiger partial charge on any atom is 3.00 e. The molecule has 3 aromatic carbocycles. The number of benzene rings is 3. The summed E-state index contributed by atoms with van der Waals surface area (Å²) in [7, 11) is -0.446. The number of rotatable bonds is 3. The van der Waals surface area contributed by atoms with Crippen molar-refractivity contribution in [2.24, 2.45) is 0 Å². The van der Waals surface area contributed by atoms with Crippen molar-refractivity contribution in [3.63, 3.8) is 0 Å². The molecule has 0 saturated heterocycles. The van der Waals surface area contributed by atoms with Crippen LogP contribution in [0.1, 0.15) is 0 Å². The average Bonchev–Trinajstić information content (AvgIpc) is 2.51. The van der Waals surface area contributed by atoms with Crippen LogP contribution in [0.5, 0.6) is 0 Å². The second-order valence-corrected chi connectivity index (χ2v) is 6.56. The van der Waals surface area contributed by atoms with Crippen molar-refractivity contribution >= 4 is 23.8 Å². The quantitative estimate of drug-likeness (QED) is 0.291. The van der Waals surface area contributed by atoms with E-state index in [-0.39, 0.29) is 54.3 Å². The fraction of sp³-hybridized carbons (Fsp3) is 0. The molecule has 0 aliphatic rings. The molecule has 0 nitrogen and oxygen atoms in total. The first kappa shape index (κ1) is 24.7. The van der Waals surface area contributed by atoms with Gasteiger partial charge in [0, 0.05) is 0 Å². The summed E-state index contributed by atoms with van der Waals surface area (Å²) in [6.45, 7) is 0. The predicted octanol–water partition coefficient (Wildman–Crippen LogP) is -5.55. The zero-order chi connectivity index (χ0) is 12.9. The Balaban J connectivity index is 0. The van der Waals surface area contributed by atoms with Gasteiger partial charge in [0.25, 0.3) is 0 Å². The van der Waals surface area contributed by atoms with E-state index < -0.39 is 7.92 Å². The number of halogens is 3. The van der Waals surface area contributed by atoms with Crippen LogP contribution in [0.2, 0.25) is 0 Å². The van der Waals surface area contributed by atoms with Crippen LogP contribution in [0.3, 0.4) is 0 Å². The van der Waals surface area contributed by atoms with E-state index in [9.17, 15) is 0 Å². The van der Waals surface area contributed by atoms with Crippen molar-refractivity contribution in [1.29, 1.82) is 0 Å². The fourth-order valence-electron chi connectivity index (χ4n) is 2.18. The average molecular weight is 424 g/mol. The van der Waals surface area contributed by atoms with Gasteiger partial charge in [0.1, 0.15) is 0 Å². The molecule has 0 amide bonds. The molecule has 3 rings (SSSR count). The van der Waals surface area contributed by atoms with Crippen LogP contribution in [0.4, 0.5) is 0 Å². The van der Waals surface area contributed by atoms with Crippen molar-refractivity contribution in [2.45, 2.75) is 0 Å². The Bertz CT molecular complexity index is 542. The van der Waals surface area contributed by atoms with E-state index in [1.165, 1.54) is 15.9 Å². The number of hydrogen-bond donors (Lipinski definition) is 0. The summed E-state index contributed by atoms with van der Waals surface area (Å²) in [5, 5.41) is 4.19. The molecule has 0 atom stereocenters. The minimum absolute atomic E-state index is 0. The van der Waals surface area contributed by atoms with Crippen LogP contribution in [0.15, 0.2) is 91.0 Å². The van der Waals surface area contributed by atoms with E-state index in [2.05, 4.69) is 91.0 Å². The molecule has 0 aliphatic carbocycles. The molecular formula is C18H15Cl3FeP. The summed E-state index contributed by atoms with van der Waals surface area (Å²) in [4.78, 5) is 0. The van der Waals surface area contributed by atoms with Gasteiger partial charge in [-0.05, 0) is 23.8 Å². The molecule has 0 spiro atoms. The number of hydrogen-bond acceptors (Lipinski definition) is 0. The van der Waals surface area contributed by atoms with Crippen molar-refractivity contribution in [3.8, 4) is 0 Å². The van der Waals surface area contributed by atoms with Crippen LogP contribution in [0.25, 0.3) is 0 Å². The van der Waals surface area contributed by atoms with E-state index in [0.29, 0.717) is 0 Å². The molecule has 0 heterocycles. The van der Waals surface area contributed by atoms with Crippen molar-refractivity contribution in [1.82, 2.24) is 0 Å². The van der Waals surface area contributed by atoms with Gasteiger partial charge in [-0.15, -0.1) is 0 Å². The van der Waals surface area contributed by atoms with Gasteiger partial charge in [0.2, 0.25) is 0 Å². The molecule has 0 unspecified atom stereocenters. The fourth-order valence-corrected chi connectivity index (χ4v) is 4.48. The molecule has 3 aromatic rings. The molecule has 0 N–H and O–H groups in total. The molecule has 5 heteroatoms. The normalized spacial score (nSPS) is 8.74. The van der Waals surface area contributed by atoms with Gasteiger partial charge in [-0.2, -0.15) is 0 Å². The van der Waals surface area contributed by atoms with E-state index >= 15 is 0 Å². The Kier molecular flexibility index (Phi) is 13.8. The van der Waals surface area contributed by atoms with Crippen molar-refractivity contribution < 1.29 is 54.3 Å². The molecule has 0 aromatic heterocycles. The first-order valence-corrected chi connectivity index (χ1v) is 7.74. The summed E-state index contributed by atoms with van der Waals surface area (Å²) < 4.78 is 0. The van der Waals surface area contributed by atoms with Gasteiger partial charge in [-0.25, -0.2) is 0 Å². The first-order chi connectivity index (χ1) is 9.45. The Labute approximate surface area is 168 Å². The summed E-state index contributed by atoms with van der Waals surface area (Å²) in [6.07, 6.45) is 0. The third-order valence-electron chi connectivity index (χ3n) is 3.04. The second kappa shape index (κ2) is 12.8. The van der Waals surface area contributed by atoms with Crippen molar-refractivity contribution in [2.75, 3.05) is 0 Å². The van der Waals surface area contributed by atoms with E-state index in [0.717, 1.165) is 0 Å². The second-order valence-electron chi connectivity index (χ2n) is 4.34. The van der Waals surface area contributed by atoms with Crippen LogP contribution >= 0.6 is 7.92 Å². The zero-order valence-electron chi connectivity index (χ0n) is 12.1. The van der Waals surface area contributed by atoms with E-state index in [1.54, 1.807) is 0 Å². The van der Waals surface area contributed by atoms with Crippen molar-refractivity contribution in [3.05, 3.63) is 91.0 Å². The Morgan fingerprint density at radius 3 is 0.826 bits per heavy atom. The topological polar surface area (TPSA) is 0 Å². The van der Waals surface area contributed by atoms with Gasteiger partial charge < -0.3 is 37.2 Å². The first-order valence-electron chi connectivity index (χ1n) is 6.40. The molecule has 0 fully saturated rings. The maximum atomic E-state index is 2.23. The van der Waals surface area contributed by atoms with Gasteiger partial charge in [0.05, 0.1) is 0 Å². The molecule has 23 heavy (non-hydrogen) atoms. The van der Waals surface area contributed by atoms with Crippen LogP contribution in [0, 0.1) is 0 Å². The predicted molar refractivity (Wildman–Crippen MR) is 85.1 cm³/mol. The van der Waals surface area contributed by atoms with Crippen LogP contribution in [-0.2, 0) is 17.1 Å². The van der Waals surface area contributed by atoms with E-state index in [1.807, 2.05) is 0 Å². The minimum atomic E-state index is -0.446. The van der Waals surface area contributed by atoms with Crippen LogP contribution in [-0.4, -0.2) is 0 Å². The maximum absolute atomic E-state index is 2.23. The van der Waals surface area contributed by atoms with Gasteiger partial charge in [0.15, 0.2) is 0 Å². The Hall–Kier alpha value is -0.521. The SMILES string of the molecule is [Cl-].[Cl-].[Cl-].[Fe+3].c1ccc(P(c2ccccc2)c2ccccc2)cc1. The summed E-state index contributed by atoms with van der Waals surface area (Å²) in [5.74, 6) is 0. The van der Waals surface area contributed by atoms with Gasteiger partial charge in [-0.1, -0.05) is 91.0 Å². The molecular weight excluding hydrogens is 409 g/mol. The largest absolute Gasteiger partial charge is 3.00 e. The Morgan fingerprint density at radius 2 is 0.609 bits per heavy atom. The smallest absolute Gasteiger partial charge is 1.00 e. The van der Waals surface area contributed by atoms with Gasteiger partial charge >= 0.3 is 17.1 Å². The standard InChI is InChI=1S/C18H15P.3ClH.Fe/c1-4-10-16(11-5-1)19(17-12-6-2-7-13-17)18-14-8-3-9-15-18;;;;/h1-15H;3*1H;/q;;;;+3/p-3. The minimum Gasteiger partial charge on any atom is -1.00 e. The molecule has 0 saturated carbocycles. The summed E-state index contributed by atoms with van der Waals surface area (Å²) in [6, 6.07) is 32.3. The third kappa shape index (κ3) is 6.47. The molecule has 121 valence electrons. The summed E-state index contributed by atoms with van der Waals surface area (Å²) in [5.41, 5.74) is 0. The molecule has 0 bridgehead atoms. The third-order valence-corrected chi connectivity index (χ3v) is 5.49. The summed E-state index contributed by atoms with van der Waals surface area (Å²) >= 11 is 0. The molecule has 1 radical (unpaired) electrons. The van der Waals surface area contributed by atoms with Crippen LogP contribution < -0.4 is 53.1 Å². The Morgan fingerprint density at radius 1 is 0.391 bits per heavy atom. The monoisotopic (exact) mass is 423 g/mol. The molecule has 0 aliphatic heterocycles.